The SMILES string of the molecule is c1ccc(CN2CCC(Nc3nc(N4CCN(c5ccccn5)CC4)nc4c3ncn4-c3ccsc3)CC2)cc1. The Balaban J connectivity index is 1.11. The number of thiophene rings is 1. The molecule has 0 spiro atoms. The fourth-order valence-electron chi connectivity index (χ4n) is 5.66. The van der Waals surface area contributed by atoms with Crippen molar-refractivity contribution in [1.29, 1.82) is 0 Å². The minimum atomic E-state index is 0.352. The van der Waals surface area contributed by atoms with Gasteiger partial charge >= 0.3 is 0 Å². The molecule has 0 atom stereocenters. The first kappa shape index (κ1) is 25.0. The maximum Gasteiger partial charge on any atom is 0.229 e. The van der Waals surface area contributed by atoms with Gasteiger partial charge in [-0.25, -0.2) is 9.97 Å². The van der Waals surface area contributed by atoms with Crippen LogP contribution < -0.4 is 15.1 Å². The number of hydrogen-bond acceptors (Lipinski definition) is 9. The van der Waals surface area contributed by atoms with E-state index < -0.39 is 0 Å². The number of rotatable bonds is 7. The highest BCUT2D eigenvalue weighted by Crippen LogP contribution is 2.28. The Hall–Kier alpha value is -4.02. The van der Waals surface area contributed by atoms with Crippen LogP contribution in [0.2, 0.25) is 0 Å². The Morgan fingerprint density at radius 2 is 1.62 bits per heavy atom. The number of piperazine rings is 1. The van der Waals surface area contributed by atoms with Crippen LogP contribution in [0.5, 0.6) is 0 Å². The van der Waals surface area contributed by atoms with Gasteiger partial charge in [-0.05, 0) is 42.0 Å². The fraction of sp³-hybridized carbons (Fsp3) is 0.333. The van der Waals surface area contributed by atoms with Crippen LogP contribution in [-0.4, -0.2) is 74.7 Å². The van der Waals surface area contributed by atoms with Gasteiger partial charge in [0, 0.05) is 63.4 Å². The number of nitrogens with zero attached hydrogens (tertiary/aromatic N) is 8. The molecule has 10 heteroatoms. The molecule has 5 aromatic rings. The molecule has 0 unspecified atom stereocenters. The number of pyridine rings is 1. The zero-order chi connectivity index (χ0) is 26.7. The smallest absolute Gasteiger partial charge is 0.229 e. The zero-order valence-corrected chi connectivity index (χ0v) is 23.2. The molecule has 0 amide bonds. The second-order valence-corrected chi connectivity index (χ2v) is 11.3. The van der Waals surface area contributed by atoms with E-state index in [0.717, 1.165) is 93.1 Å². The van der Waals surface area contributed by atoms with Crippen LogP contribution in [0.1, 0.15) is 18.4 Å². The van der Waals surface area contributed by atoms with Crippen molar-refractivity contribution < 1.29 is 0 Å². The Morgan fingerprint density at radius 3 is 2.38 bits per heavy atom. The van der Waals surface area contributed by atoms with Crippen molar-refractivity contribution in [2.45, 2.75) is 25.4 Å². The summed E-state index contributed by atoms with van der Waals surface area (Å²) in [7, 11) is 0. The van der Waals surface area contributed by atoms with Crippen LogP contribution in [-0.2, 0) is 6.54 Å². The number of piperidine rings is 1. The molecule has 9 nitrogen and oxygen atoms in total. The molecular weight excluding hydrogens is 518 g/mol. The predicted molar refractivity (Wildman–Crippen MR) is 162 cm³/mol. The van der Waals surface area contributed by atoms with Crippen molar-refractivity contribution in [2.24, 2.45) is 0 Å². The number of fused-ring (bicyclic) bond motifs is 1. The first-order chi connectivity index (χ1) is 19.8. The number of benzene rings is 1. The molecule has 6 heterocycles. The normalized spacial score (nSPS) is 17.0. The molecule has 4 aromatic heterocycles. The minimum absolute atomic E-state index is 0.352. The van der Waals surface area contributed by atoms with E-state index in [4.69, 9.17) is 15.0 Å². The van der Waals surface area contributed by atoms with Crippen molar-refractivity contribution in [3.05, 3.63) is 83.4 Å². The van der Waals surface area contributed by atoms with Gasteiger partial charge in [-0.1, -0.05) is 36.4 Å². The molecule has 40 heavy (non-hydrogen) atoms. The highest BCUT2D eigenvalue weighted by molar-refractivity contribution is 7.08. The molecule has 1 aromatic carbocycles. The maximum absolute atomic E-state index is 5.08. The lowest BCUT2D eigenvalue weighted by molar-refractivity contribution is 0.211. The van der Waals surface area contributed by atoms with Crippen molar-refractivity contribution in [1.82, 2.24) is 29.4 Å². The third-order valence-electron chi connectivity index (χ3n) is 7.88. The van der Waals surface area contributed by atoms with E-state index in [1.165, 1.54) is 5.56 Å². The number of anilines is 3. The first-order valence-electron chi connectivity index (χ1n) is 14.0. The standard InChI is InChI=1S/C30H33N9S/c1-2-6-23(7-3-1)20-36-13-9-24(10-14-36)33-28-27-29(39(22-32-27)25-11-19-40-21-25)35-30(34-28)38-17-15-37(16-18-38)26-8-4-5-12-31-26/h1-8,11-12,19,21-22,24H,9-10,13-18,20H2,(H,33,34,35). The Morgan fingerprint density at radius 1 is 0.825 bits per heavy atom. The second kappa shape index (κ2) is 11.2. The monoisotopic (exact) mass is 551 g/mol. The average molecular weight is 552 g/mol. The van der Waals surface area contributed by atoms with Gasteiger partial charge in [0.1, 0.15) is 12.1 Å². The van der Waals surface area contributed by atoms with Gasteiger partial charge in [-0.15, -0.1) is 0 Å². The van der Waals surface area contributed by atoms with E-state index in [0.29, 0.717) is 6.04 Å². The topological polar surface area (TPSA) is 78.2 Å². The summed E-state index contributed by atoms with van der Waals surface area (Å²) in [5, 5.41) is 8.00. The summed E-state index contributed by atoms with van der Waals surface area (Å²) in [5.74, 6) is 2.62. The number of nitrogens with one attached hydrogen (secondary N) is 1. The summed E-state index contributed by atoms with van der Waals surface area (Å²) in [6.45, 7) is 6.57. The average Bonchev–Trinajstić information content (AvgIpc) is 3.70. The summed E-state index contributed by atoms with van der Waals surface area (Å²) < 4.78 is 2.08. The van der Waals surface area contributed by atoms with Gasteiger partial charge in [0.2, 0.25) is 5.95 Å². The van der Waals surface area contributed by atoms with E-state index in [1.807, 2.05) is 24.7 Å². The molecule has 204 valence electrons. The van der Waals surface area contributed by atoms with Gasteiger partial charge in [0.05, 0.1) is 5.69 Å². The van der Waals surface area contributed by atoms with E-state index in [1.54, 1.807) is 11.3 Å². The lowest BCUT2D eigenvalue weighted by Gasteiger charge is -2.35. The Bertz CT molecular complexity index is 1520. The van der Waals surface area contributed by atoms with Crippen LogP contribution in [0.25, 0.3) is 16.9 Å². The highest BCUT2D eigenvalue weighted by Gasteiger charge is 2.25. The fourth-order valence-corrected chi connectivity index (χ4v) is 6.29. The van der Waals surface area contributed by atoms with Gasteiger partial charge in [-0.3, -0.25) is 9.47 Å². The summed E-state index contributed by atoms with van der Waals surface area (Å²) in [4.78, 5) is 26.6. The predicted octanol–water partition coefficient (Wildman–Crippen LogP) is 4.68. The third-order valence-corrected chi connectivity index (χ3v) is 8.55. The van der Waals surface area contributed by atoms with E-state index >= 15 is 0 Å². The summed E-state index contributed by atoms with van der Waals surface area (Å²) in [6, 6.07) is 19.3. The third kappa shape index (κ3) is 5.24. The minimum Gasteiger partial charge on any atom is -0.365 e. The quantitative estimate of drug-likeness (QED) is 0.313. The van der Waals surface area contributed by atoms with Crippen molar-refractivity contribution in [3.63, 3.8) is 0 Å². The summed E-state index contributed by atoms with van der Waals surface area (Å²) in [6.07, 6.45) is 5.87. The van der Waals surface area contributed by atoms with E-state index in [9.17, 15) is 0 Å². The highest BCUT2D eigenvalue weighted by atomic mass is 32.1. The molecule has 1 N–H and O–H groups in total. The van der Waals surface area contributed by atoms with Crippen LogP contribution in [0.3, 0.4) is 0 Å². The summed E-state index contributed by atoms with van der Waals surface area (Å²) in [5.41, 5.74) is 4.13. The number of aromatic nitrogens is 5. The number of imidazole rings is 1. The zero-order valence-electron chi connectivity index (χ0n) is 22.4. The molecule has 2 fully saturated rings. The van der Waals surface area contributed by atoms with E-state index in [-0.39, 0.29) is 0 Å². The molecule has 2 aliphatic heterocycles. The molecule has 0 bridgehead atoms. The van der Waals surface area contributed by atoms with Crippen molar-refractivity contribution in [2.75, 3.05) is 54.4 Å². The van der Waals surface area contributed by atoms with Crippen LogP contribution >= 0.6 is 11.3 Å². The van der Waals surface area contributed by atoms with Crippen molar-refractivity contribution >= 4 is 40.1 Å². The van der Waals surface area contributed by atoms with Crippen molar-refractivity contribution in [3.8, 4) is 5.69 Å². The molecule has 2 aliphatic rings. The lowest BCUT2D eigenvalue weighted by Crippen LogP contribution is -2.47. The molecule has 0 saturated carbocycles. The van der Waals surface area contributed by atoms with Gasteiger partial charge < -0.3 is 15.1 Å². The Kier molecular flexibility index (Phi) is 7.01. The van der Waals surface area contributed by atoms with Crippen LogP contribution in [0, 0.1) is 0 Å². The molecule has 0 aliphatic carbocycles. The lowest BCUT2D eigenvalue weighted by atomic mass is 10.0. The van der Waals surface area contributed by atoms with E-state index in [2.05, 4.69) is 82.8 Å². The van der Waals surface area contributed by atoms with Crippen LogP contribution in [0.4, 0.5) is 17.6 Å². The molecule has 2 saturated heterocycles. The largest absolute Gasteiger partial charge is 0.365 e. The molecular formula is C30H33N9S. The summed E-state index contributed by atoms with van der Waals surface area (Å²) >= 11 is 1.68. The number of hydrogen-bond donors (Lipinski definition) is 1. The second-order valence-electron chi connectivity index (χ2n) is 10.5. The Labute approximate surface area is 238 Å². The van der Waals surface area contributed by atoms with Gasteiger partial charge in [-0.2, -0.15) is 21.3 Å². The van der Waals surface area contributed by atoms with Gasteiger partial charge in [0.25, 0.3) is 0 Å². The molecule has 7 rings (SSSR count). The first-order valence-corrected chi connectivity index (χ1v) is 15.0. The molecule has 0 radical (unpaired) electrons. The number of likely N-dealkylation sites (tertiary alicyclic amines) is 1. The van der Waals surface area contributed by atoms with Crippen LogP contribution in [0.15, 0.2) is 77.9 Å². The maximum atomic E-state index is 5.08. The van der Waals surface area contributed by atoms with Gasteiger partial charge in [0.15, 0.2) is 17.0 Å².